The van der Waals surface area contributed by atoms with Gasteiger partial charge in [0.05, 0.1) is 7.11 Å². The number of amides is 1. The zero-order chi connectivity index (χ0) is 21.5. The van der Waals surface area contributed by atoms with E-state index < -0.39 is 35.3 Å². The molecule has 3 aromatic rings. The van der Waals surface area contributed by atoms with E-state index in [1.54, 1.807) is 0 Å². The lowest BCUT2D eigenvalue weighted by atomic mass is 10.1. The van der Waals surface area contributed by atoms with E-state index in [2.05, 4.69) is 10.5 Å². The van der Waals surface area contributed by atoms with Gasteiger partial charge < -0.3 is 19.3 Å². The highest BCUT2D eigenvalue weighted by molar-refractivity contribution is 5.95. The first kappa shape index (κ1) is 21.0. The fraction of sp³-hybridized carbons (Fsp3) is 0.190. The minimum absolute atomic E-state index is 0.0699. The molecule has 0 bridgehead atoms. The topological polar surface area (TPSA) is 90.7 Å². The molecule has 0 saturated heterocycles. The minimum Gasteiger partial charge on any atom is -0.479 e. The fourth-order valence-electron chi connectivity index (χ4n) is 2.67. The molecule has 0 aliphatic rings. The second-order valence-electron chi connectivity index (χ2n) is 6.26. The molecule has 0 unspecified atom stereocenters. The summed E-state index contributed by atoms with van der Waals surface area (Å²) in [7, 11) is 1.22. The normalized spacial score (nSPS) is 11.6. The van der Waals surface area contributed by atoms with Gasteiger partial charge in [-0.05, 0) is 17.7 Å². The molecule has 1 N–H and O–H groups in total. The van der Waals surface area contributed by atoms with Gasteiger partial charge in [-0.3, -0.25) is 4.79 Å². The van der Waals surface area contributed by atoms with Gasteiger partial charge >= 0.3 is 5.97 Å². The highest BCUT2D eigenvalue weighted by Gasteiger charge is 2.24. The van der Waals surface area contributed by atoms with Gasteiger partial charge in [0.1, 0.15) is 12.6 Å². The largest absolute Gasteiger partial charge is 0.479 e. The first-order chi connectivity index (χ1) is 14.5. The van der Waals surface area contributed by atoms with Crippen molar-refractivity contribution in [1.82, 2.24) is 10.5 Å². The van der Waals surface area contributed by atoms with E-state index in [0.29, 0.717) is 0 Å². The molecule has 7 nitrogen and oxygen atoms in total. The maximum atomic E-state index is 13.6. The Hall–Kier alpha value is -3.75. The van der Waals surface area contributed by atoms with Gasteiger partial charge in [-0.2, -0.15) is 0 Å². The number of carbonyl (C=O) groups excluding carboxylic acids is 2. The van der Waals surface area contributed by atoms with Crippen molar-refractivity contribution in [3.8, 4) is 5.75 Å². The van der Waals surface area contributed by atoms with Crippen molar-refractivity contribution < 1.29 is 32.4 Å². The van der Waals surface area contributed by atoms with E-state index in [0.717, 1.165) is 17.7 Å². The van der Waals surface area contributed by atoms with Crippen LogP contribution in [0.1, 0.15) is 21.8 Å². The van der Waals surface area contributed by atoms with Gasteiger partial charge in [0.15, 0.2) is 28.8 Å². The van der Waals surface area contributed by atoms with Gasteiger partial charge in [0.2, 0.25) is 0 Å². The Morgan fingerprint density at radius 2 is 1.80 bits per heavy atom. The molecule has 0 aliphatic heterocycles. The molecule has 30 heavy (non-hydrogen) atoms. The van der Waals surface area contributed by atoms with Gasteiger partial charge in [0.25, 0.3) is 5.91 Å². The number of rotatable bonds is 8. The van der Waals surface area contributed by atoms with Crippen LogP contribution in [0, 0.1) is 11.6 Å². The average molecular weight is 416 g/mol. The van der Waals surface area contributed by atoms with E-state index in [1.165, 1.54) is 19.2 Å². The van der Waals surface area contributed by atoms with Crippen LogP contribution in [-0.2, 0) is 22.6 Å². The molecular formula is C21H18F2N2O5. The van der Waals surface area contributed by atoms with E-state index in [4.69, 9.17) is 14.0 Å². The number of benzene rings is 2. The number of carbonyl (C=O) groups is 2. The molecule has 0 radical (unpaired) electrons. The SMILES string of the molecule is COC(=O)[C@H](Cc1ccccc1)NC(=O)c1cc(COc2c(F)cccc2F)on1. The lowest BCUT2D eigenvalue weighted by Gasteiger charge is -2.15. The van der Waals surface area contributed by atoms with Gasteiger partial charge in [0, 0.05) is 12.5 Å². The van der Waals surface area contributed by atoms with Crippen LogP contribution in [0.5, 0.6) is 5.75 Å². The van der Waals surface area contributed by atoms with Crippen LogP contribution in [0.3, 0.4) is 0 Å². The first-order valence-electron chi connectivity index (χ1n) is 8.93. The summed E-state index contributed by atoms with van der Waals surface area (Å²) in [6, 6.07) is 12.7. The number of esters is 1. The number of halogens is 2. The van der Waals surface area contributed by atoms with Crippen LogP contribution >= 0.6 is 0 Å². The van der Waals surface area contributed by atoms with E-state index in [1.807, 2.05) is 30.3 Å². The molecule has 1 aromatic heterocycles. The Labute approximate surface area is 170 Å². The summed E-state index contributed by atoms with van der Waals surface area (Å²) in [4.78, 5) is 24.5. The highest BCUT2D eigenvalue weighted by Crippen LogP contribution is 2.22. The van der Waals surface area contributed by atoms with E-state index >= 15 is 0 Å². The summed E-state index contributed by atoms with van der Waals surface area (Å²) in [6.45, 7) is -0.345. The fourth-order valence-corrected chi connectivity index (χ4v) is 2.67. The lowest BCUT2D eigenvalue weighted by Crippen LogP contribution is -2.43. The molecule has 0 saturated carbocycles. The van der Waals surface area contributed by atoms with Crippen molar-refractivity contribution in [3.05, 3.63) is 83.2 Å². The second-order valence-corrected chi connectivity index (χ2v) is 6.26. The third-order valence-electron chi connectivity index (χ3n) is 4.14. The number of nitrogens with one attached hydrogen (secondary N) is 1. The maximum Gasteiger partial charge on any atom is 0.328 e. The first-order valence-corrected chi connectivity index (χ1v) is 8.93. The zero-order valence-electron chi connectivity index (χ0n) is 15.9. The van der Waals surface area contributed by atoms with Crippen LogP contribution < -0.4 is 10.1 Å². The highest BCUT2D eigenvalue weighted by atomic mass is 19.1. The predicted octanol–water partition coefficient (Wildman–Crippen LogP) is 3.05. The Kier molecular flexibility index (Phi) is 6.74. The van der Waals surface area contributed by atoms with Crippen molar-refractivity contribution in [1.29, 1.82) is 0 Å². The van der Waals surface area contributed by atoms with Crippen molar-refractivity contribution in [2.24, 2.45) is 0 Å². The molecule has 3 rings (SSSR count). The number of hydrogen-bond acceptors (Lipinski definition) is 6. The molecule has 0 aliphatic carbocycles. The van der Waals surface area contributed by atoms with Crippen molar-refractivity contribution >= 4 is 11.9 Å². The second kappa shape index (κ2) is 9.64. The van der Waals surface area contributed by atoms with Crippen LogP contribution in [0.4, 0.5) is 8.78 Å². The van der Waals surface area contributed by atoms with Crippen LogP contribution in [0.15, 0.2) is 59.1 Å². The molecule has 1 amide bonds. The Morgan fingerprint density at radius 1 is 1.10 bits per heavy atom. The Balaban J connectivity index is 1.64. The third-order valence-corrected chi connectivity index (χ3v) is 4.14. The van der Waals surface area contributed by atoms with Gasteiger partial charge in [-0.1, -0.05) is 41.6 Å². The molecule has 1 heterocycles. The minimum atomic E-state index is -0.936. The zero-order valence-corrected chi connectivity index (χ0v) is 15.9. The smallest absolute Gasteiger partial charge is 0.328 e. The summed E-state index contributed by atoms with van der Waals surface area (Å²) in [5.74, 6) is -3.51. The van der Waals surface area contributed by atoms with Crippen molar-refractivity contribution in [3.63, 3.8) is 0 Å². The number of aromatic nitrogens is 1. The summed E-state index contributed by atoms with van der Waals surface area (Å²) in [5.41, 5.74) is 0.707. The summed E-state index contributed by atoms with van der Waals surface area (Å²) in [5, 5.41) is 6.15. The molecular weight excluding hydrogens is 398 g/mol. The van der Waals surface area contributed by atoms with Crippen molar-refractivity contribution in [2.75, 3.05) is 7.11 Å². The molecule has 0 fully saturated rings. The van der Waals surface area contributed by atoms with Gasteiger partial charge in [-0.25, -0.2) is 13.6 Å². The van der Waals surface area contributed by atoms with Crippen LogP contribution in [-0.4, -0.2) is 30.2 Å². The molecule has 0 spiro atoms. The molecule has 9 heteroatoms. The number of methoxy groups -OCH3 is 1. The lowest BCUT2D eigenvalue weighted by molar-refractivity contribution is -0.142. The van der Waals surface area contributed by atoms with Crippen LogP contribution in [0.25, 0.3) is 0 Å². The number of ether oxygens (including phenoxy) is 2. The Bertz CT molecular complexity index is 1000. The number of para-hydroxylation sites is 1. The summed E-state index contributed by atoms with van der Waals surface area (Å²) >= 11 is 0. The Morgan fingerprint density at radius 3 is 2.47 bits per heavy atom. The molecule has 2 aromatic carbocycles. The monoisotopic (exact) mass is 416 g/mol. The quantitative estimate of drug-likeness (QED) is 0.568. The third kappa shape index (κ3) is 5.19. The van der Waals surface area contributed by atoms with Gasteiger partial charge in [-0.15, -0.1) is 0 Å². The number of hydrogen-bond donors (Lipinski definition) is 1. The standard InChI is InChI=1S/C21H18F2N2O5/c1-28-21(27)18(10-13-6-3-2-4-7-13)24-20(26)17-11-14(30-25-17)12-29-19-15(22)8-5-9-16(19)23/h2-9,11,18H,10,12H2,1H3,(H,24,26)/t18-/m0/s1. The van der Waals surface area contributed by atoms with E-state index in [9.17, 15) is 18.4 Å². The maximum absolute atomic E-state index is 13.6. The molecule has 1 atom stereocenters. The number of nitrogens with zero attached hydrogens (tertiary/aromatic N) is 1. The van der Waals surface area contributed by atoms with E-state index in [-0.39, 0.29) is 24.5 Å². The predicted molar refractivity (Wildman–Crippen MR) is 101 cm³/mol. The van der Waals surface area contributed by atoms with Crippen LogP contribution in [0.2, 0.25) is 0 Å². The molecule has 156 valence electrons. The average Bonchev–Trinajstić information content (AvgIpc) is 3.22. The van der Waals surface area contributed by atoms with Crippen molar-refractivity contribution in [2.45, 2.75) is 19.1 Å². The summed E-state index contributed by atoms with van der Waals surface area (Å²) < 4.78 is 42.0. The summed E-state index contributed by atoms with van der Waals surface area (Å²) in [6.07, 6.45) is 0.222.